The first kappa shape index (κ1) is 17.5. The molecule has 1 aromatic heterocycles. The van der Waals surface area contributed by atoms with E-state index in [0.29, 0.717) is 50.6 Å². The maximum atomic E-state index is 14.8. The van der Waals surface area contributed by atoms with Gasteiger partial charge in [-0.1, -0.05) is 5.16 Å². The molecule has 2 saturated heterocycles. The summed E-state index contributed by atoms with van der Waals surface area (Å²) in [5, 5.41) is 9.89. The summed E-state index contributed by atoms with van der Waals surface area (Å²) >= 11 is 0. The van der Waals surface area contributed by atoms with Crippen LogP contribution in [0.5, 0.6) is 0 Å². The fourth-order valence-corrected chi connectivity index (χ4v) is 3.76. The predicted octanol–water partition coefficient (Wildman–Crippen LogP) is 1.36. The lowest BCUT2D eigenvalue weighted by molar-refractivity contribution is -0.147. The van der Waals surface area contributed by atoms with Gasteiger partial charge in [-0.3, -0.25) is 9.59 Å². The summed E-state index contributed by atoms with van der Waals surface area (Å²) in [6.07, 6.45) is 3.90. The molecule has 1 saturated carbocycles. The fraction of sp³-hybridized carbons (Fsp3) is 0.722. The molecule has 0 spiro atoms. The molecule has 1 aromatic rings. The van der Waals surface area contributed by atoms with Gasteiger partial charge in [-0.05, 0) is 38.8 Å². The summed E-state index contributed by atoms with van der Waals surface area (Å²) in [6.45, 7) is 2.01. The first-order valence-electron chi connectivity index (χ1n) is 9.52. The number of nitrogens with one attached hydrogen (secondary N) is 2. The van der Waals surface area contributed by atoms with Gasteiger partial charge in [-0.15, -0.1) is 0 Å². The first-order chi connectivity index (χ1) is 12.5. The number of likely N-dealkylation sites (tertiary alicyclic amines) is 1. The van der Waals surface area contributed by atoms with E-state index in [9.17, 15) is 14.0 Å². The normalized spacial score (nSPS) is 23.7. The number of nitrogens with zero attached hydrogens (tertiary/aromatic N) is 2. The molecule has 1 aliphatic carbocycles. The van der Waals surface area contributed by atoms with E-state index in [0.717, 1.165) is 18.6 Å². The number of alkyl halides is 1. The van der Waals surface area contributed by atoms with Crippen molar-refractivity contribution in [1.82, 2.24) is 20.7 Å². The zero-order valence-electron chi connectivity index (χ0n) is 14.8. The van der Waals surface area contributed by atoms with Gasteiger partial charge in [-0.2, -0.15) is 0 Å². The van der Waals surface area contributed by atoms with Crippen LogP contribution in [0.4, 0.5) is 4.39 Å². The van der Waals surface area contributed by atoms with Crippen molar-refractivity contribution in [2.75, 3.05) is 26.2 Å². The van der Waals surface area contributed by atoms with Crippen molar-refractivity contribution in [2.45, 2.75) is 56.2 Å². The molecule has 0 bridgehead atoms. The summed E-state index contributed by atoms with van der Waals surface area (Å²) < 4.78 is 20.0. The number of carbonyl (C=O) groups is 2. The fourth-order valence-electron chi connectivity index (χ4n) is 3.76. The molecule has 3 heterocycles. The lowest BCUT2D eigenvalue weighted by atomic mass is 9.91. The molecule has 8 heteroatoms. The average molecular weight is 364 g/mol. The molecule has 142 valence electrons. The summed E-state index contributed by atoms with van der Waals surface area (Å²) in [6, 6.07) is 1.69. The average Bonchev–Trinajstić information content (AvgIpc) is 3.39. The van der Waals surface area contributed by atoms with Crippen LogP contribution in [-0.4, -0.2) is 59.8 Å². The van der Waals surface area contributed by atoms with E-state index < -0.39 is 11.6 Å². The highest BCUT2D eigenvalue weighted by Gasteiger charge is 2.43. The number of amides is 2. The molecule has 0 unspecified atom stereocenters. The van der Waals surface area contributed by atoms with Crippen molar-refractivity contribution < 1.29 is 18.5 Å². The Labute approximate surface area is 151 Å². The van der Waals surface area contributed by atoms with Gasteiger partial charge in [0.2, 0.25) is 0 Å². The molecule has 4 rings (SSSR count). The zero-order chi connectivity index (χ0) is 18.1. The molecular formula is C18H25FN4O3. The van der Waals surface area contributed by atoms with Gasteiger partial charge < -0.3 is 20.1 Å². The van der Waals surface area contributed by atoms with Crippen LogP contribution in [0.3, 0.4) is 0 Å². The van der Waals surface area contributed by atoms with Crippen LogP contribution in [-0.2, 0) is 4.79 Å². The number of piperidine rings is 2. The first-order valence-corrected chi connectivity index (χ1v) is 9.52. The number of carbonyl (C=O) groups excluding carboxylic acids is 2. The van der Waals surface area contributed by atoms with Crippen LogP contribution in [0, 0.1) is 0 Å². The van der Waals surface area contributed by atoms with Crippen molar-refractivity contribution in [3.8, 4) is 0 Å². The van der Waals surface area contributed by atoms with E-state index in [-0.39, 0.29) is 24.8 Å². The highest BCUT2D eigenvalue weighted by atomic mass is 19.1. The topological polar surface area (TPSA) is 87.5 Å². The maximum Gasteiger partial charge on any atom is 0.273 e. The number of hydrogen-bond acceptors (Lipinski definition) is 5. The van der Waals surface area contributed by atoms with Crippen LogP contribution in [0.2, 0.25) is 0 Å². The van der Waals surface area contributed by atoms with Gasteiger partial charge in [0, 0.05) is 44.0 Å². The molecule has 26 heavy (non-hydrogen) atoms. The third-order valence-electron chi connectivity index (χ3n) is 5.64. The number of halogens is 1. The van der Waals surface area contributed by atoms with Crippen molar-refractivity contribution in [1.29, 1.82) is 0 Å². The molecule has 2 amide bonds. The maximum absolute atomic E-state index is 14.8. The van der Waals surface area contributed by atoms with Gasteiger partial charge in [0.1, 0.15) is 5.76 Å². The Bertz CT molecular complexity index is 674. The minimum atomic E-state index is -1.73. The monoisotopic (exact) mass is 364 g/mol. The Morgan fingerprint density at radius 3 is 2.58 bits per heavy atom. The van der Waals surface area contributed by atoms with Crippen LogP contribution in [0.1, 0.15) is 60.7 Å². The van der Waals surface area contributed by atoms with Gasteiger partial charge in [0.05, 0.1) is 0 Å². The van der Waals surface area contributed by atoms with Crippen LogP contribution >= 0.6 is 0 Å². The third kappa shape index (κ3) is 3.60. The molecule has 2 N–H and O–H groups in total. The largest absolute Gasteiger partial charge is 0.360 e. The van der Waals surface area contributed by atoms with E-state index in [2.05, 4.69) is 15.8 Å². The summed E-state index contributed by atoms with van der Waals surface area (Å²) in [7, 11) is 0. The Balaban J connectivity index is 1.27. The van der Waals surface area contributed by atoms with Crippen LogP contribution in [0.25, 0.3) is 0 Å². The minimum absolute atomic E-state index is 0.0313. The van der Waals surface area contributed by atoms with Crippen LogP contribution in [0.15, 0.2) is 10.6 Å². The predicted molar refractivity (Wildman–Crippen MR) is 91.5 cm³/mol. The molecule has 0 atom stereocenters. The Kier molecular flexibility index (Phi) is 4.69. The van der Waals surface area contributed by atoms with Crippen molar-refractivity contribution >= 4 is 11.8 Å². The van der Waals surface area contributed by atoms with Crippen molar-refractivity contribution in [3.63, 3.8) is 0 Å². The molecule has 0 aromatic carbocycles. The highest BCUT2D eigenvalue weighted by molar-refractivity contribution is 5.92. The third-order valence-corrected chi connectivity index (χ3v) is 5.64. The molecule has 7 nitrogen and oxygen atoms in total. The van der Waals surface area contributed by atoms with Gasteiger partial charge >= 0.3 is 0 Å². The van der Waals surface area contributed by atoms with Gasteiger partial charge in [-0.25, -0.2) is 4.39 Å². The second-order valence-electron chi connectivity index (χ2n) is 7.64. The molecule has 3 aliphatic rings. The summed E-state index contributed by atoms with van der Waals surface area (Å²) in [5.41, 5.74) is -1.43. The minimum Gasteiger partial charge on any atom is -0.360 e. The van der Waals surface area contributed by atoms with E-state index in [1.54, 1.807) is 11.0 Å². The Morgan fingerprint density at radius 1 is 1.23 bits per heavy atom. The number of rotatable bonds is 4. The second kappa shape index (κ2) is 6.98. The summed E-state index contributed by atoms with van der Waals surface area (Å²) in [5.74, 6) is 0.562. The van der Waals surface area contributed by atoms with E-state index in [4.69, 9.17) is 4.52 Å². The SMILES string of the molecule is O=C(NC1CCN(C(=O)C2(F)CCNCC2)CC1)c1cc(C2CC2)on1. The van der Waals surface area contributed by atoms with Crippen molar-refractivity contribution in [2.24, 2.45) is 0 Å². The van der Waals surface area contributed by atoms with E-state index >= 15 is 0 Å². The van der Waals surface area contributed by atoms with E-state index in [1.165, 1.54) is 0 Å². The molecule has 0 radical (unpaired) electrons. The van der Waals surface area contributed by atoms with E-state index in [1.807, 2.05) is 0 Å². The standard InChI is InChI=1S/C18H25FN4O3/c19-18(5-7-20-8-6-18)17(25)23-9-3-13(4-10-23)21-16(24)14-11-15(26-22-14)12-1-2-12/h11-13,20H,1-10H2,(H,21,24). The number of hydrogen-bond donors (Lipinski definition) is 2. The number of aromatic nitrogens is 1. The van der Waals surface area contributed by atoms with Gasteiger partial charge in [0.25, 0.3) is 11.8 Å². The molecule has 2 aliphatic heterocycles. The van der Waals surface area contributed by atoms with Crippen molar-refractivity contribution in [3.05, 3.63) is 17.5 Å². The zero-order valence-corrected chi connectivity index (χ0v) is 14.8. The quantitative estimate of drug-likeness (QED) is 0.842. The van der Waals surface area contributed by atoms with Crippen LogP contribution < -0.4 is 10.6 Å². The Morgan fingerprint density at radius 2 is 1.92 bits per heavy atom. The smallest absolute Gasteiger partial charge is 0.273 e. The highest BCUT2D eigenvalue weighted by Crippen LogP contribution is 2.40. The van der Waals surface area contributed by atoms with Gasteiger partial charge in [0.15, 0.2) is 11.4 Å². The molecule has 3 fully saturated rings. The second-order valence-corrected chi connectivity index (χ2v) is 7.64. The lowest BCUT2D eigenvalue weighted by Crippen LogP contribution is -2.55. The lowest BCUT2D eigenvalue weighted by Gasteiger charge is -2.38. The molecular weight excluding hydrogens is 339 g/mol. The summed E-state index contributed by atoms with van der Waals surface area (Å²) in [4.78, 5) is 26.4. The Hall–Kier alpha value is -1.96.